The number of esters is 1. The molecule has 0 aliphatic heterocycles. The molecule has 1 aromatic carbocycles. The number of carbonyl (C=O) groups is 2. The summed E-state index contributed by atoms with van der Waals surface area (Å²) in [6.07, 6.45) is 0.879. The maximum absolute atomic E-state index is 12.2. The zero-order valence-corrected chi connectivity index (χ0v) is 15.2. The first kappa shape index (κ1) is 18.8. The highest BCUT2D eigenvalue weighted by Gasteiger charge is 2.20. The lowest BCUT2D eigenvalue weighted by Gasteiger charge is -2.07. The van der Waals surface area contributed by atoms with E-state index in [0.717, 1.165) is 11.8 Å². The Morgan fingerprint density at radius 1 is 1.28 bits per heavy atom. The van der Waals surface area contributed by atoms with Crippen molar-refractivity contribution in [2.75, 3.05) is 19.8 Å². The van der Waals surface area contributed by atoms with Crippen molar-refractivity contribution >= 4 is 22.8 Å². The minimum absolute atomic E-state index is 0.110. The lowest BCUT2D eigenvalue weighted by molar-refractivity contribution is -0.124. The smallest absolute Gasteiger partial charge is 0.375 e. The van der Waals surface area contributed by atoms with Gasteiger partial charge in [-0.05, 0) is 44.4 Å². The second kappa shape index (κ2) is 8.55. The molecule has 0 saturated carbocycles. The predicted molar refractivity (Wildman–Crippen MR) is 94.9 cm³/mol. The Hall–Kier alpha value is -2.50. The van der Waals surface area contributed by atoms with Crippen molar-refractivity contribution in [1.82, 2.24) is 5.32 Å². The van der Waals surface area contributed by atoms with Gasteiger partial charge in [0.15, 0.2) is 6.61 Å². The van der Waals surface area contributed by atoms with Gasteiger partial charge in [-0.15, -0.1) is 0 Å². The van der Waals surface area contributed by atoms with Crippen LogP contribution in [0.25, 0.3) is 11.0 Å². The van der Waals surface area contributed by atoms with E-state index in [1.165, 1.54) is 0 Å². The number of benzene rings is 1. The Morgan fingerprint density at radius 3 is 2.72 bits per heavy atom. The molecule has 0 unspecified atom stereocenters. The number of amides is 1. The quantitative estimate of drug-likeness (QED) is 0.740. The van der Waals surface area contributed by atoms with Gasteiger partial charge in [0.05, 0.1) is 6.61 Å². The van der Waals surface area contributed by atoms with Crippen LogP contribution in [-0.4, -0.2) is 31.6 Å². The van der Waals surface area contributed by atoms with E-state index in [4.69, 9.17) is 13.9 Å². The third kappa shape index (κ3) is 4.98. The Labute approximate surface area is 147 Å². The monoisotopic (exact) mass is 347 g/mol. The van der Waals surface area contributed by atoms with Crippen molar-refractivity contribution in [2.45, 2.75) is 34.1 Å². The number of rotatable bonds is 8. The van der Waals surface area contributed by atoms with Gasteiger partial charge in [0, 0.05) is 17.5 Å². The molecule has 25 heavy (non-hydrogen) atoms. The third-order valence-electron chi connectivity index (χ3n) is 3.78. The third-order valence-corrected chi connectivity index (χ3v) is 3.78. The minimum atomic E-state index is -0.648. The largest absolute Gasteiger partial charge is 0.494 e. The molecule has 2 aromatic rings. The van der Waals surface area contributed by atoms with Crippen molar-refractivity contribution in [3.8, 4) is 5.75 Å². The number of ether oxygens (including phenoxy) is 2. The van der Waals surface area contributed by atoms with Gasteiger partial charge in [0.2, 0.25) is 5.76 Å². The zero-order valence-electron chi connectivity index (χ0n) is 15.2. The molecule has 1 amide bonds. The number of aryl methyl sites for hydroxylation is 1. The summed E-state index contributed by atoms with van der Waals surface area (Å²) < 4.78 is 16.1. The molecule has 136 valence electrons. The van der Waals surface area contributed by atoms with Crippen molar-refractivity contribution in [2.24, 2.45) is 5.92 Å². The molecule has 1 aromatic heterocycles. The number of hydrogen-bond acceptors (Lipinski definition) is 5. The van der Waals surface area contributed by atoms with Crippen molar-refractivity contribution in [3.63, 3.8) is 0 Å². The Kier molecular flexibility index (Phi) is 6.44. The maximum Gasteiger partial charge on any atom is 0.375 e. The molecular weight excluding hydrogens is 322 g/mol. The molecule has 6 heteroatoms. The summed E-state index contributed by atoms with van der Waals surface area (Å²) in [4.78, 5) is 23.9. The van der Waals surface area contributed by atoms with E-state index in [-0.39, 0.29) is 18.3 Å². The summed E-state index contributed by atoms with van der Waals surface area (Å²) in [6, 6.07) is 5.36. The molecule has 2 rings (SSSR count). The SMILES string of the molecule is CCOc1ccc2oc(C(=O)OCC(=O)NCCC(C)C)c(C)c2c1. The summed E-state index contributed by atoms with van der Waals surface area (Å²) in [7, 11) is 0. The van der Waals surface area contributed by atoms with Gasteiger partial charge in [0.25, 0.3) is 5.91 Å². The standard InChI is InChI=1S/C19H25NO5/c1-5-23-14-6-7-16-15(10-14)13(4)18(25-16)19(22)24-11-17(21)20-9-8-12(2)3/h6-7,10,12H,5,8-9,11H2,1-4H3,(H,20,21). The minimum Gasteiger partial charge on any atom is -0.494 e. The number of fused-ring (bicyclic) bond motifs is 1. The van der Waals surface area contributed by atoms with Crippen molar-refractivity contribution in [1.29, 1.82) is 0 Å². The lowest BCUT2D eigenvalue weighted by atomic mass is 10.1. The molecule has 0 spiro atoms. The van der Waals surface area contributed by atoms with E-state index in [1.54, 1.807) is 19.1 Å². The average molecular weight is 347 g/mol. The Bertz CT molecular complexity index is 748. The van der Waals surface area contributed by atoms with Gasteiger partial charge in [0.1, 0.15) is 11.3 Å². The summed E-state index contributed by atoms with van der Waals surface area (Å²) in [5.41, 5.74) is 1.25. The Balaban J connectivity index is 1.99. The second-order valence-electron chi connectivity index (χ2n) is 6.26. The molecular formula is C19H25NO5. The average Bonchev–Trinajstić information content (AvgIpc) is 2.89. The molecule has 1 heterocycles. The van der Waals surface area contributed by atoms with Crippen LogP contribution in [0.4, 0.5) is 0 Å². The number of furan rings is 1. The molecule has 0 aliphatic rings. The summed E-state index contributed by atoms with van der Waals surface area (Å²) >= 11 is 0. The van der Waals surface area contributed by atoms with Crippen molar-refractivity contribution in [3.05, 3.63) is 29.5 Å². The summed E-state index contributed by atoms with van der Waals surface area (Å²) in [6.45, 7) is 8.64. The van der Waals surface area contributed by atoms with Crippen LogP contribution < -0.4 is 10.1 Å². The van der Waals surface area contributed by atoms with Gasteiger partial charge < -0.3 is 19.2 Å². The molecule has 0 atom stereocenters. The first-order valence-corrected chi connectivity index (χ1v) is 8.52. The van der Waals surface area contributed by atoms with Gasteiger partial charge in [-0.3, -0.25) is 4.79 Å². The van der Waals surface area contributed by atoms with Crippen LogP contribution in [0.2, 0.25) is 0 Å². The second-order valence-corrected chi connectivity index (χ2v) is 6.26. The molecule has 0 radical (unpaired) electrons. The van der Waals surface area contributed by atoms with Crippen LogP contribution in [-0.2, 0) is 9.53 Å². The first-order valence-electron chi connectivity index (χ1n) is 8.52. The van der Waals surface area contributed by atoms with E-state index in [2.05, 4.69) is 19.2 Å². The topological polar surface area (TPSA) is 77.8 Å². The molecule has 0 saturated heterocycles. The molecule has 0 aliphatic carbocycles. The highest BCUT2D eigenvalue weighted by Crippen LogP contribution is 2.29. The van der Waals surface area contributed by atoms with Gasteiger partial charge >= 0.3 is 5.97 Å². The van der Waals surface area contributed by atoms with E-state index < -0.39 is 5.97 Å². The van der Waals surface area contributed by atoms with Crippen LogP contribution in [0.5, 0.6) is 5.75 Å². The van der Waals surface area contributed by atoms with Crippen molar-refractivity contribution < 1.29 is 23.5 Å². The van der Waals surface area contributed by atoms with E-state index in [1.807, 2.05) is 13.0 Å². The van der Waals surface area contributed by atoms with Crippen LogP contribution >= 0.6 is 0 Å². The van der Waals surface area contributed by atoms with Crippen LogP contribution in [0.15, 0.2) is 22.6 Å². The number of carbonyl (C=O) groups excluding carboxylic acids is 2. The number of nitrogens with one attached hydrogen (secondary N) is 1. The fraction of sp³-hybridized carbons (Fsp3) is 0.474. The summed E-state index contributed by atoms with van der Waals surface area (Å²) in [5.74, 6) is 0.358. The summed E-state index contributed by atoms with van der Waals surface area (Å²) in [5, 5.41) is 3.51. The van der Waals surface area contributed by atoms with Crippen LogP contribution in [0.3, 0.4) is 0 Å². The predicted octanol–water partition coefficient (Wildman–Crippen LogP) is 3.46. The van der Waals surface area contributed by atoms with Gasteiger partial charge in [-0.25, -0.2) is 4.79 Å². The number of hydrogen-bond donors (Lipinski definition) is 1. The lowest BCUT2D eigenvalue weighted by Crippen LogP contribution is -2.30. The Morgan fingerprint density at radius 2 is 2.04 bits per heavy atom. The molecule has 0 fully saturated rings. The zero-order chi connectivity index (χ0) is 18.4. The van der Waals surface area contributed by atoms with Crippen LogP contribution in [0, 0.1) is 12.8 Å². The highest BCUT2D eigenvalue weighted by atomic mass is 16.5. The van der Waals surface area contributed by atoms with E-state index in [0.29, 0.717) is 36.0 Å². The fourth-order valence-corrected chi connectivity index (χ4v) is 2.40. The normalized spacial score (nSPS) is 10.9. The van der Waals surface area contributed by atoms with Gasteiger partial charge in [-0.1, -0.05) is 13.8 Å². The van der Waals surface area contributed by atoms with Gasteiger partial charge in [-0.2, -0.15) is 0 Å². The fourth-order valence-electron chi connectivity index (χ4n) is 2.40. The first-order chi connectivity index (χ1) is 11.9. The van der Waals surface area contributed by atoms with E-state index in [9.17, 15) is 9.59 Å². The molecule has 0 bridgehead atoms. The van der Waals surface area contributed by atoms with Crippen LogP contribution in [0.1, 0.15) is 43.3 Å². The maximum atomic E-state index is 12.2. The van der Waals surface area contributed by atoms with E-state index >= 15 is 0 Å². The molecule has 1 N–H and O–H groups in total. The molecule has 6 nitrogen and oxygen atoms in total. The highest BCUT2D eigenvalue weighted by molar-refractivity contribution is 5.97.